The maximum atomic E-state index is 14.4. The van der Waals surface area contributed by atoms with E-state index in [2.05, 4.69) is 32.8 Å². The molecule has 0 saturated carbocycles. The maximum Gasteiger partial charge on any atom is 0.246 e. The number of anilines is 1. The molecule has 3 aliphatic heterocycles. The summed E-state index contributed by atoms with van der Waals surface area (Å²) < 4.78 is 0.953. The molecule has 2 atom stereocenters. The van der Waals surface area contributed by atoms with E-state index in [0.29, 0.717) is 13.0 Å². The zero-order chi connectivity index (χ0) is 32.4. The standard InChI is InChI=1S/C34H40BrN7O4/c1-37-15-17-39(18-16-37)33-26(6-4-14-36-33)21-40-22-30-41(29(34(40)46)20-25-8-11-28(43)12-9-25)32(45)23-38(2)42(30)31(44)13-10-24-5-3-7-27(35)19-24/h3-9,11-12,14,19,29-30,43H,10,13,15-18,20-23H2,1-2H3/t29-,30?/m0/s1. The summed E-state index contributed by atoms with van der Waals surface area (Å²) in [4.78, 5) is 54.7. The molecule has 0 bridgehead atoms. The molecule has 1 N–H and O–H groups in total. The second kappa shape index (κ2) is 13.8. The highest BCUT2D eigenvalue weighted by Gasteiger charge is 2.50. The number of pyridine rings is 1. The molecule has 6 rings (SSSR count). The highest BCUT2D eigenvalue weighted by Crippen LogP contribution is 2.31. The van der Waals surface area contributed by atoms with E-state index in [0.717, 1.165) is 53.2 Å². The van der Waals surface area contributed by atoms with Gasteiger partial charge in [0.2, 0.25) is 17.7 Å². The lowest BCUT2D eigenvalue weighted by atomic mass is 9.98. The topological polar surface area (TPSA) is 104 Å². The summed E-state index contributed by atoms with van der Waals surface area (Å²) in [6, 6.07) is 17.7. The number of fused-ring (bicyclic) bond motifs is 1. The Bertz CT molecular complexity index is 1580. The molecule has 46 heavy (non-hydrogen) atoms. The summed E-state index contributed by atoms with van der Waals surface area (Å²) >= 11 is 3.51. The summed E-state index contributed by atoms with van der Waals surface area (Å²) in [6.45, 7) is 4.02. The second-order valence-corrected chi connectivity index (χ2v) is 13.3. The Morgan fingerprint density at radius 1 is 0.978 bits per heavy atom. The molecule has 11 nitrogen and oxygen atoms in total. The Kier molecular flexibility index (Phi) is 9.57. The Balaban J connectivity index is 1.31. The van der Waals surface area contributed by atoms with E-state index in [-0.39, 0.29) is 49.4 Å². The number of aromatic nitrogens is 1. The second-order valence-electron chi connectivity index (χ2n) is 12.3. The van der Waals surface area contributed by atoms with Gasteiger partial charge in [-0.15, -0.1) is 0 Å². The number of aromatic hydroxyl groups is 1. The lowest BCUT2D eigenvalue weighted by molar-refractivity contribution is -0.202. The molecular weight excluding hydrogens is 650 g/mol. The number of phenolic OH excluding ortho intramolecular Hbond substituents is 1. The van der Waals surface area contributed by atoms with Gasteiger partial charge in [-0.3, -0.25) is 19.4 Å². The van der Waals surface area contributed by atoms with Crippen LogP contribution < -0.4 is 4.90 Å². The fraction of sp³-hybridized carbons (Fsp3) is 0.412. The molecule has 3 saturated heterocycles. The largest absolute Gasteiger partial charge is 0.508 e. The average Bonchev–Trinajstić information content (AvgIpc) is 3.03. The van der Waals surface area contributed by atoms with Gasteiger partial charge in [-0.2, -0.15) is 0 Å². The van der Waals surface area contributed by atoms with Crippen LogP contribution in [-0.4, -0.2) is 118 Å². The van der Waals surface area contributed by atoms with Crippen LogP contribution in [0.4, 0.5) is 5.82 Å². The first-order chi connectivity index (χ1) is 22.2. The van der Waals surface area contributed by atoms with Crippen LogP contribution in [-0.2, 0) is 33.8 Å². The summed E-state index contributed by atoms with van der Waals surface area (Å²) in [5.41, 5.74) is 2.78. The van der Waals surface area contributed by atoms with Gasteiger partial charge in [-0.25, -0.2) is 9.99 Å². The molecule has 0 spiro atoms. The van der Waals surface area contributed by atoms with E-state index in [9.17, 15) is 19.5 Å². The van der Waals surface area contributed by atoms with Crippen molar-refractivity contribution < 1.29 is 19.5 Å². The van der Waals surface area contributed by atoms with Gasteiger partial charge >= 0.3 is 0 Å². The van der Waals surface area contributed by atoms with Crippen LogP contribution in [0.5, 0.6) is 5.75 Å². The molecule has 3 aromatic rings. The van der Waals surface area contributed by atoms with E-state index in [1.54, 1.807) is 57.3 Å². The van der Waals surface area contributed by atoms with E-state index in [4.69, 9.17) is 4.98 Å². The van der Waals surface area contributed by atoms with Gasteiger partial charge in [0.25, 0.3) is 0 Å². The number of carbonyl (C=O) groups is 3. The van der Waals surface area contributed by atoms with E-state index >= 15 is 0 Å². The summed E-state index contributed by atoms with van der Waals surface area (Å²) in [7, 11) is 3.87. The summed E-state index contributed by atoms with van der Waals surface area (Å²) in [6.07, 6.45) is 2.19. The van der Waals surface area contributed by atoms with Crippen molar-refractivity contribution in [2.24, 2.45) is 0 Å². The molecule has 12 heteroatoms. The van der Waals surface area contributed by atoms with Crippen LogP contribution in [0.1, 0.15) is 23.1 Å². The van der Waals surface area contributed by atoms with Gasteiger partial charge < -0.3 is 24.7 Å². The van der Waals surface area contributed by atoms with Crippen molar-refractivity contribution in [3.8, 4) is 5.75 Å². The predicted octanol–water partition coefficient (Wildman–Crippen LogP) is 2.73. The number of likely N-dealkylation sites (N-methyl/N-ethyl adjacent to an activating group) is 2. The van der Waals surface area contributed by atoms with Crippen molar-refractivity contribution in [2.75, 3.05) is 58.3 Å². The highest BCUT2D eigenvalue weighted by atomic mass is 79.9. The third-order valence-corrected chi connectivity index (χ3v) is 9.60. The van der Waals surface area contributed by atoms with Crippen molar-refractivity contribution in [1.29, 1.82) is 0 Å². The highest BCUT2D eigenvalue weighted by molar-refractivity contribution is 9.10. The first kappa shape index (κ1) is 32.0. The van der Waals surface area contributed by atoms with Crippen molar-refractivity contribution in [3.05, 3.63) is 88.0 Å². The van der Waals surface area contributed by atoms with Gasteiger partial charge in [0, 0.05) is 68.8 Å². The van der Waals surface area contributed by atoms with Crippen LogP contribution in [0.15, 0.2) is 71.3 Å². The average molecular weight is 691 g/mol. The molecule has 3 aliphatic rings. The first-order valence-electron chi connectivity index (χ1n) is 15.7. The Hall–Kier alpha value is -4.00. The van der Waals surface area contributed by atoms with Crippen LogP contribution in [0.25, 0.3) is 0 Å². The lowest BCUT2D eigenvalue weighted by Crippen LogP contribution is -2.75. The van der Waals surface area contributed by atoms with Crippen LogP contribution in [0, 0.1) is 0 Å². The third kappa shape index (κ3) is 6.89. The molecule has 2 aromatic carbocycles. The maximum absolute atomic E-state index is 14.4. The molecular formula is C34H40BrN7O4. The van der Waals surface area contributed by atoms with E-state index < -0.39 is 12.2 Å². The fourth-order valence-electron chi connectivity index (χ4n) is 6.69. The van der Waals surface area contributed by atoms with Gasteiger partial charge in [0.05, 0.1) is 13.1 Å². The first-order valence-corrected chi connectivity index (χ1v) is 16.5. The summed E-state index contributed by atoms with van der Waals surface area (Å²) in [5, 5.41) is 13.2. The van der Waals surface area contributed by atoms with Gasteiger partial charge in [0.15, 0.2) is 0 Å². The van der Waals surface area contributed by atoms with Gasteiger partial charge in [0.1, 0.15) is 23.8 Å². The Morgan fingerprint density at radius 3 is 2.48 bits per heavy atom. The smallest absolute Gasteiger partial charge is 0.246 e. The van der Waals surface area contributed by atoms with Crippen LogP contribution >= 0.6 is 15.9 Å². The minimum atomic E-state index is -0.811. The SMILES string of the molecule is CN1CCN(c2ncccc2CN2CC3N(C(=O)CN(C)N3C(=O)CCc3cccc(Br)c3)[C@@H](Cc3ccc(O)cc3)C2=O)CC1. The number of hydrogen-bond acceptors (Lipinski definition) is 8. The monoisotopic (exact) mass is 689 g/mol. The number of phenols is 1. The van der Waals surface area contributed by atoms with Crippen LogP contribution in [0.2, 0.25) is 0 Å². The number of halogens is 1. The zero-order valence-electron chi connectivity index (χ0n) is 26.3. The van der Waals surface area contributed by atoms with Crippen molar-refractivity contribution in [3.63, 3.8) is 0 Å². The predicted molar refractivity (Wildman–Crippen MR) is 178 cm³/mol. The Labute approximate surface area is 278 Å². The molecule has 1 aromatic heterocycles. The number of hydrogen-bond donors (Lipinski definition) is 1. The number of benzene rings is 2. The fourth-order valence-corrected chi connectivity index (χ4v) is 7.14. The van der Waals surface area contributed by atoms with Gasteiger partial charge in [-0.1, -0.05) is 46.3 Å². The minimum absolute atomic E-state index is 0.00531. The molecule has 0 aliphatic carbocycles. The molecule has 3 amide bonds. The summed E-state index contributed by atoms with van der Waals surface area (Å²) in [5.74, 6) is 0.516. The number of aryl methyl sites for hydroxylation is 1. The number of hydrazine groups is 1. The number of amides is 3. The molecule has 3 fully saturated rings. The number of carbonyl (C=O) groups excluding carboxylic acids is 3. The van der Waals surface area contributed by atoms with E-state index in [1.807, 2.05) is 36.4 Å². The number of rotatable bonds is 8. The molecule has 1 unspecified atom stereocenters. The molecule has 0 radical (unpaired) electrons. The zero-order valence-corrected chi connectivity index (χ0v) is 27.8. The molecule has 242 valence electrons. The lowest BCUT2D eigenvalue weighted by Gasteiger charge is -2.54. The number of nitrogens with zero attached hydrogens (tertiary/aromatic N) is 7. The van der Waals surface area contributed by atoms with Crippen molar-refractivity contribution in [2.45, 2.75) is 38.0 Å². The van der Waals surface area contributed by atoms with E-state index in [1.165, 1.54) is 0 Å². The van der Waals surface area contributed by atoms with Crippen molar-refractivity contribution >= 4 is 39.5 Å². The van der Waals surface area contributed by atoms with Gasteiger partial charge in [-0.05, 0) is 54.9 Å². The number of piperazine rings is 2. The normalized spacial score (nSPS) is 21.1. The quantitative estimate of drug-likeness (QED) is 0.385. The molecule has 4 heterocycles. The minimum Gasteiger partial charge on any atom is -0.508 e. The Morgan fingerprint density at radius 2 is 1.74 bits per heavy atom. The third-order valence-electron chi connectivity index (χ3n) is 9.11. The van der Waals surface area contributed by atoms with Crippen molar-refractivity contribution in [1.82, 2.24) is 29.7 Å². The van der Waals surface area contributed by atoms with Crippen LogP contribution in [0.3, 0.4) is 0 Å².